The van der Waals surface area contributed by atoms with E-state index in [1.165, 1.54) is 0 Å². The lowest BCUT2D eigenvalue weighted by atomic mass is 10.3. The standard InChI is InChI=1S/C11H18N6O2S/c1-7-9(5-12-3)11(14-13-7)20(18,19)16-10-6-17(4)15-8(10)2/h6,12,16H,5H2,1-4H3,(H,13,14). The smallest absolute Gasteiger partial charge is 0.281 e. The van der Waals surface area contributed by atoms with Gasteiger partial charge in [0.15, 0.2) is 0 Å². The molecule has 9 heteroatoms. The summed E-state index contributed by atoms with van der Waals surface area (Å²) in [5.74, 6) is 0. The molecule has 0 spiro atoms. The van der Waals surface area contributed by atoms with Gasteiger partial charge in [0, 0.05) is 31.0 Å². The molecular weight excluding hydrogens is 280 g/mol. The van der Waals surface area contributed by atoms with Crippen LogP contribution in [0.1, 0.15) is 17.0 Å². The maximum atomic E-state index is 12.4. The van der Waals surface area contributed by atoms with Crippen molar-refractivity contribution in [2.75, 3.05) is 11.8 Å². The van der Waals surface area contributed by atoms with Crippen LogP contribution in [-0.4, -0.2) is 35.4 Å². The molecule has 0 saturated heterocycles. The van der Waals surface area contributed by atoms with Crippen molar-refractivity contribution in [1.82, 2.24) is 25.3 Å². The van der Waals surface area contributed by atoms with E-state index in [0.717, 1.165) is 5.69 Å². The number of hydrogen-bond acceptors (Lipinski definition) is 5. The largest absolute Gasteiger partial charge is 0.316 e. The van der Waals surface area contributed by atoms with E-state index < -0.39 is 10.0 Å². The monoisotopic (exact) mass is 298 g/mol. The van der Waals surface area contributed by atoms with Crippen LogP contribution in [0.3, 0.4) is 0 Å². The van der Waals surface area contributed by atoms with Gasteiger partial charge in [0.25, 0.3) is 10.0 Å². The van der Waals surface area contributed by atoms with E-state index in [9.17, 15) is 8.42 Å². The van der Waals surface area contributed by atoms with E-state index in [-0.39, 0.29) is 5.03 Å². The Hall–Kier alpha value is -1.87. The highest BCUT2D eigenvalue weighted by atomic mass is 32.2. The van der Waals surface area contributed by atoms with Crippen LogP contribution in [0, 0.1) is 13.8 Å². The average molecular weight is 298 g/mol. The normalized spacial score (nSPS) is 11.8. The number of aromatic nitrogens is 4. The summed E-state index contributed by atoms with van der Waals surface area (Å²) in [6.45, 7) is 3.95. The molecule has 0 aliphatic carbocycles. The quantitative estimate of drug-likeness (QED) is 0.735. The lowest BCUT2D eigenvalue weighted by Crippen LogP contribution is -2.17. The summed E-state index contributed by atoms with van der Waals surface area (Å²) in [5, 5.41) is 13.6. The number of aromatic amines is 1. The van der Waals surface area contributed by atoms with Crippen LogP contribution in [0.25, 0.3) is 0 Å². The van der Waals surface area contributed by atoms with Gasteiger partial charge in [0.1, 0.15) is 0 Å². The average Bonchev–Trinajstić information content (AvgIpc) is 2.84. The summed E-state index contributed by atoms with van der Waals surface area (Å²) in [6, 6.07) is 0. The zero-order chi connectivity index (χ0) is 14.9. The number of nitrogens with one attached hydrogen (secondary N) is 3. The van der Waals surface area contributed by atoms with E-state index in [4.69, 9.17) is 0 Å². The molecular formula is C11H18N6O2S. The Morgan fingerprint density at radius 1 is 1.40 bits per heavy atom. The number of H-pyrrole nitrogens is 1. The lowest BCUT2D eigenvalue weighted by molar-refractivity contribution is 0.595. The predicted molar refractivity (Wildman–Crippen MR) is 74.8 cm³/mol. The van der Waals surface area contributed by atoms with Gasteiger partial charge in [-0.1, -0.05) is 0 Å². The molecule has 110 valence electrons. The van der Waals surface area contributed by atoms with Crippen LogP contribution in [0.2, 0.25) is 0 Å². The van der Waals surface area contributed by atoms with Crippen molar-refractivity contribution < 1.29 is 8.42 Å². The molecule has 0 amide bonds. The fourth-order valence-corrected chi connectivity index (χ4v) is 3.23. The Kier molecular flexibility index (Phi) is 3.82. The van der Waals surface area contributed by atoms with Crippen molar-refractivity contribution >= 4 is 15.7 Å². The van der Waals surface area contributed by atoms with Gasteiger partial charge < -0.3 is 5.32 Å². The molecule has 0 atom stereocenters. The molecule has 2 heterocycles. The summed E-state index contributed by atoms with van der Waals surface area (Å²) in [5.41, 5.74) is 2.41. The Bertz CT molecular complexity index is 715. The first kappa shape index (κ1) is 14.5. The fraction of sp³-hybridized carbons (Fsp3) is 0.455. The molecule has 0 radical (unpaired) electrons. The topological polar surface area (TPSA) is 105 Å². The van der Waals surface area contributed by atoms with E-state index in [1.807, 2.05) is 0 Å². The Morgan fingerprint density at radius 3 is 2.65 bits per heavy atom. The van der Waals surface area contributed by atoms with Crippen LogP contribution in [0.15, 0.2) is 11.2 Å². The number of nitrogens with zero attached hydrogens (tertiary/aromatic N) is 3. The van der Waals surface area contributed by atoms with E-state index >= 15 is 0 Å². The molecule has 0 saturated carbocycles. The van der Waals surface area contributed by atoms with Crippen LogP contribution in [0.5, 0.6) is 0 Å². The molecule has 0 aromatic carbocycles. The lowest BCUT2D eigenvalue weighted by Gasteiger charge is -2.07. The van der Waals surface area contributed by atoms with Crippen LogP contribution >= 0.6 is 0 Å². The minimum Gasteiger partial charge on any atom is -0.316 e. The van der Waals surface area contributed by atoms with Crippen LogP contribution in [0.4, 0.5) is 5.69 Å². The van der Waals surface area contributed by atoms with E-state index in [2.05, 4.69) is 25.3 Å². The zero-order valence-electron chi connectivity index (χ0n) is 11.9. The summed E-state index contributed by atoms with van der Waals surface area (Å²) >= 11 is 0. The Morgan fingerprint density at radius 2 is 2.10 bits per heavy atom. The van der Waals surface area contributed by atoms with Gasteiger partial charge in [-0.2, -0.15) is 18.6 Å². The van der Waals surface area contributed by atoms with E-state index in [1.54, 1.807) is 38.8 Å². The molecule has 3 N–H and O–H groups in total. The molecule has 0 bridgehead atoms. The van der Waals surface area contributed by atoms with Crippen LogP contribution in [-0.2, 0) is 23.6 Å². The molecule has 2 rings (SSSR count). The third kappa shape index (κ3) is 2.68. The summed E-state index contributed by atoms with van der Waals surface area (Å²) < 4.78 is 28.9. The first-order valence-corrected chi connectivity index (χ1v) is 7.55. The molecule has 20 heavy (non-hydrogen) atoms. The number of anilines is 1. The number of sulfonamides is 1. The number of hydrogen-bond donors (Lipinski definition) is 3. The summed E-state index contributed by atoms with van der Waals surface area (Å²) in [6.07, 6.45) is 1.62. The number of rotatable bonds is 5. The van der Waals surface area contributed by atoms with Gasteiger partial charge >= 0.3 is 0 Å². The Labute approximate surface area is 117 Å². The molecule has 0 aliphatic rings. The van der Waals surface area contributed by atoms with Crippen molar-refractivity contribution in [3.63, 3.8) is 0 Å². The molecule has 0 fully saturated rings. The van der Waals surface area contributed by atoms with E-state index in [0.29, 0.717) is 23.5 Å². The Balaban J connectivity index is 2.38. The van der Waals surface area contributed by atoms with Crippen molar-refractivity contribution in [2.24, 2.45) is 7.05 Å². The first-order chi connectivity index (χ1) is 9.35. The first-order valence-electron chi connectivity index (χ1n) is 6.06. The van der Waals surface area contributed by atoms with Gasteiger partial charge in [-0.15, -0.1) is 0 Å². The highest BCUT2D eigenvalue weighted by Crippen LogP contribution is 2.21. The second-order valence-corrected chi connectivity index (χ2v) is 6.17. The van der Waals surface area contributed by atoms with Crippen molar-refractivity contribution in [2.45, 2.75) is 25.4 Å². The minimum absolute atomic E-state index is 0.00704. The SMILES string of the molecule is CNCc1c(S(=O)(=O)Nc2cn(C)nc2C)n[nH]c1C. The fourth-order valence-electron chi connectivity index (χ4n) is 1.93. The third-order valence-electron chi connectivity index (χ3n) is 2.90. The van der Waals surface area contributed by atoms with Crippen molar-refractivity contribution in [3.8, 4) is 0 Å². The second-order valence-electron chi connectivity index (χ2n) is 4.57. The second kappa shape index (κ2) is 5.25. The third-order valence-corrected chi connectivity index (χ3v) is 4.24. The van der Waals surface area contributed by atoms with Crippen molar-refractivity contribution in [3.05, 3.63) is 23.1 Å². The molecule has 0 unspecified atom stereocenters. The van der Waals surface area contributed by atoms with Crippen molar-refractivity contribution in [1.29, 1.82) is 0 Å². The molecule has 2 aromatic heterocycles. The summed E-state index contributed by atoms with van der Waals surface area (Å²) in [7, 11) is -0.257. The molecule has 2 aromatic rings. The maximum absolute atomic E-state index is 12.4. The zero-order valence-corrected chi connectivity index (χ0v) is 12.7. The van der Waals surface area contributed by atoms with Crippen LogP contribution < -0.4 is 10.0 Å². The minimum atomic E-state index is -3.74. The van der Waals surface area contributed by atoms with Gasteiger partial charge in [0.05, 0.1) is 11.4 Å². The number of aryl methyl sites for hydroxylation is 3. The summed E-state index contributed by atoms with van der Waals surface area (Å²) in [4.78, 5) is 0. The van der Waals surface area contributed by atoms with Gasteiger partial charge in [0.2, 0.25) is 5.03 Å². The molecule has 0 aliphatic heterocycles. The highest BCUT2D eigenvalue weighted by Gasteiger charge is 2.24. The highest BCUT2D eigenvalue weighted by molar-refractivity contribution is 7.92. The van der Waals surface area contributed by atoms with Gasteiger partial charge in [-0.05, 0) is 20.9 Å². The van der Waals surface area contributed by atoms with Gasteiger partial charge in [-0.3, -0.25) is 14.5 Å². The predicted octanol–water partition coefficient (Wildman–Crippen LogP) is 0.280. The van der Waals surface area contributed by atoms with Gasteiger partial charge in [-0.25, -0.2) is 0 Å². The maximum Gasteiger partial charge on any atom is 0.281 e. The molecule has 8 nitrogen and oxygen atoms in total.